The predicted molar refractivity (Wildman–Crippen MR) is 93.5 cm³/mol. The summed E-state index contributed by atoms with van der Waals surface area (Å²) in [6.07, 6.45) is -3.43. The Labute approximate surface area is 146 Å². The van der Waals surface area contributed by atoms with E-state index in [0.717, 1.165) is 43.7 Å². The third-order valence-corrected chi connectivity index (χ3v) is 4.66. The van der Waals surface area contributed by atoms with E-state index in [1.54, 1.807) is 12.1 Å². The Morgan fingerprint density at radius 1 is 1.00 bits per heavy atom. The Morgan fingerprint density at radius 2 is 1.80 bits per heavy atom. The highest BCUT2D eigenvalue weighted by Gasteiger charge is 2.36. The summed E-state index contributed by atoms with van der Waals surface area (Å²) >= 11 is 0. The smallest absolute Gasteiger partial charge is 0.315 e. The van der Waals surface area contributed by atoms with E-state index < -0.39 is 17.8 Å². The molecule has 0 spiro atoms. The minimum Gasteiger partial charge on any atom is -0.315 e. The highest BCUT2D eigenvalue weighted by atomic mass is 19.4. The Hall–Kier alpha value is -1.85. The molecule has 0 amide bonds. The summed E-state index contributed by atoms with van der Waals surface area (Å²) in [5.74, 6) is 0. The maximum atomic E-state index is 13.6. The largest absolute Gasteiger partial charge is 0.416 e. The zero-order chi connectivity index (χ0) is 17.9. The topological polar surface area (TPSA) is 15.3 Å². The number of benzene rings is 2. The molecule has 1 aliphatic rings. The van der Waals surface area contributed by atoms with Crippen LogP contribution in [0, 0.1) is 6.92 Å². The molecule has 1 N–H and O–H groups in total. The molecule has 134 valence electrons. The van der Waals surface area contributed by atoms with Crippen LogP contribution in [-0.2, 0) is 6.18 Å². The molecule has 5 heteroatoms. The van der Waals surface area contributed by atoms with Crippen molar-refractivity contribution in [2.45, 2.75) is 25.6 Å². The number of alkyl halides is 3. The lowest BCUT2D eigenvalue weighted by atomic mass is 9.91. The van der Waals surface area contributed by atoms with E-state index in [1.165, 1.54) is 12.1 Å². The Morgan fingerprint density at radius 3 is 2.56 bits per heavy atom. The molecule has 1 unspecified atom stereocenters. The van der Waals surface area contributed by atoms with Gasteiger partial charge in [-0.15, -0.1) is 0 Å². The maximum Gasteiger partial charge on any atom is 0.416 e. The van der Waals surface area contributed by atoms with Crippen LogP contribution < -0.4 is 5.32 Å². The maximum absolute atomic E-state index is 13.6. The van der Waals surface area contributed by atoms with Crippen molar-refractivity contribution in [3.63, 3.8) is 0 Å². The summed E-state index contributed by atoms with van der Waals surface area (Å²) < 4.78 is 40.9. The summed E-state index contributed by atoms with van der Waals surface area (Å²) in [7, 11) is 0. The fourth-order valence-corrected chi connectivity index (χ4v) is 3.55. The van der Waals surface area contributed by atoms with Gasteiger partial charge in [0.25, 0.3) is 0 Å². The predicted octanol–water partition coefficient (Wildman–Crippen LogP) is 4.40. The van der Waals surface area contributed by atoms with Gasteiger partial charge in [-0.05, 0) is 37.1 Å². The van der Waals surface area contributed by atoms with Crippen molar-refractivity contribution in [3.8, 4) is 0 Å². The van der Waals surface area contributed by atoms with Gasteiger partial charge in [0.15, 0.2) is 0 Å². The molecule has 0 saturated carbocycles. The number of nitrogens with one attached hydrogen (secondary N) is 1. The monoisotopic (exact) mass is 348 g/mol. The van der Waals surface area contributed by atoms with Crippen molar-refractivity contribution in [1.82, 2.24) is 10.2 Å². The molecular formula is C20H23F3N2. The molecule has 1 fully saturated rings. The number of halogens is 3. The Balaban J connectivity index is 2.11. The van der Waals surface area contributed by atoms with Crippen molar-refractivity contribution in [2.75, 3.05) is 26.2 Å². The molecule has 2 aromatic rings. The molecule has 25 heavy (non-hydrogen) atoms. The van der Waals surface area contributed by atoms with Crippen molar-refractivity contribution >= 4 is 0 Å². The van der Waals surface area contributed by atoms with Crippen LogP contribution in [0.2, 0.25) is 0 Å². The molecule has 1 saturated heterocycles. The van der Waals surface area contributed by atoms with Crippen molar-refractivity contribution in [2.24, 2.45) is 0 Å². The number of nitrogens with zero attached hydrogens (tertiary/aromatic N) is 1. The third-order valence-electron chi connectivity index (χ3n) is 4.66. The molecule has 0 aliphatic carbocycles. The second kappa shape index (κ2) is 7.58. The second-order valence-corrected chi connectivity index (χ2v) is 6.54. The van der Waals surface area contributed by atoms with E-state index in [9.17, 15) is 13.2 Å². The number of hydrogen-bond acceptors (Lipinski definition) is 2. The lowest BCUT2D eigenvalue weighted by Gasteiger charge is -2.33. The van der Waals surface area contributed by atoms with Crippen LogP contribution in [0.3, 0.4) is 0 Å². The normalized spacial score (nSPS) is 17.9. The molecule has 1 atom stereocenters. The number of rotatable bonds is 3. The van der Waals surface area contributed by atoms with Gasteiger partial charge in [-0.25, -0.2) is 0 Å². The highest BCUT2D eigenvalue weighted by molar-refractivity contribution is 5.40. The van der Waals surface area contributed by atoms with Crippen LogP contribution in [0.15, 0.2) is 48.5 Å². The van der Waals surface area contributed by atoms with Gasteiger partial charge in [-0.1, -0.05) is 48.0 Å². The van der Waals surface area contributed by atoms with Crippen molar-refractivity contribution < 1.29 is 13.2 Å². The summed E-state index contributed by atoms with van der Waals surface area (Å²) in [5.41, 5.74) is 1.76. The Kier molecular flexibility index (Phi) is 5.45. The van der Waals surface area contributed by atoms with Crippen molar-refractivity contribution in [1.29, 1.82) is 0 Å². The standard InChI is InChI=1S/C20H23F3N2/c1-15-6-4-7-16(14-15)19(25-12-5-10-24-11-13-25)17-8-2-3-9-18(17)20(21,22)23/h2-4,6-9,14,19,24H,5,10-13H2,1H3. The Bertz CT molecular complexity index is 704. The zero-order valence-electron chi connectivity index (χ0n) is 14.3. The average molecular weight is 348 g/mol. The van der Waals surface area contributed by atoms with Gasteiger partial charge in [-0.3, -0.25) is 4.90 Å². The number of hydrogen-bond donors (Lipinski definition) is 1. The quantitative estimate of drug-likeness (QED) is 0.884. The molecule has 1 aliphatic heterocycles. The van der Waals surface area contributed by atoms with Crippen LogP contribution in [0.25, 0.3) is 0 Å². The fourth-order valence-electron chi connectivity index (χ4n) is 3.55. The molecule has 2 aromatic carbocycles. The summed E-state index contributed by atoms with van der Waals surface area (Å²) in [4.78, 5) is 2.17. The van der Waals surface area contributed by atoms with Gasteiger partial charge in [-0.2, -0.15) is 13.2 Å². The van der Waals surface area contributed by atoms with Crippen LogP contribution >= 0.6 is 0 Å². The van der Waals surface area contributed by atoms with Gasteiger partial charge in [0.05, 0.1) is 11.6 Å². The van der Waals surface area contributed by atoms with E-state index in [4.69, 9.17) is 0 Å². The van der Waals surface area contributed by atoms with Gasteiger partial charge in [0, 0.05) is 19.6 Å². The molecule has 0 bridgehead atoms. The van der Waals surface area contributed by atoms with Crippen LogP contribution in [0.4, 0.5) is 13.2 Å². The molecule has 0 radical (unpaired) electrons. The fraction of sp³-hybridized carbons (Fsp3) is 0.400. The molecule has 3 rings (SSSR count). The second-order valence-electron chi connectivity index (χ2n) is 6.54. The minimum absolute atomic E-state index is 0.336. The van der Waals surface area contributed by atoms with E-state index >= 15 is 0 Å². The lowest BCUT2D eigenvalue weighted by molar-refractivity contribution is -0.138. The lowest BCUT2D eigenvalue weighted by Crippen LogP contribution is -2.34. The number of aryl methyl sites for hydroxylation is 1. The summed E-state index contributed by atoms with van der Waals surface area (Å²) in [6, 6.07) is 13.4. The minimum atomic E-state index is -4.36. The average Bonchev–Trinajstić information content (AvgIpc) is 2.84. The van der Waals surface area contributed by atoms with E-state index in [-0.39, 0.29) is 0 Å². The molecule has 0 aromatic heterocycles. The van der Waals surface area contributed by atoms with Gasteiger partial charge in [0.1, 0.15) is 0 Å². The molecule has 2 nitrogen and oxygen atoms in total. The van der Waals surface area contributed by atoms with Crippen LogP contribution in [0.5, 0.6) is 0 Å². The van der Waals surface area contributed by atoms with E-state index in [1.807, 2.05) is 31.2 Å². The summed E-state index contributed by atoms with van der Waals surface area (Å²) in [6.45, 7) is 5.16. The van der Waals surface area contributed by atoms with Gasteiger partial charge >= 0.3 is 6.18 Å². The first kappa shape index (κ1) is 18.0. The first-order valence-electron chi connectivity index (χ1n) is 8.64. The first-order chi connectivity index (χ1) is 12.0. The zero-order valence-corrected chi connectivity index (χ0v) is 14.3. The van der Waals surface area contributed by atoms with Gasteiger partial charge in [0.2, 0.25) is 0 Å². The van der Waals surface area contributed by atoms with E-state index in [2.05, 4.69) is 10.2 Å². The molecular weight excluding hydrogens is 325 g/mol. The molecule has 1 heterocycles. The van der Waals surface area contributed by atoms with E-state index in [0.29, 0.717) is 5.56 Å². The third kappa shape index (κ3) is 4.22. The van der Waals surface area contributed by atoms with Crippen molar-refractivity contribution in [3.05, 3.63) is 70.8 Å². The summed E-state index contributed by atoms with van der Waals surface area (Å²) in [5, 5.41) is 3.33. The van der Waals surface area contributed by atoms with Crippen LogP contribution in [0.1, 0.15) is 34.7 Å². The SMILES string of the molecule is Cc1cccc(C(c2ccccc2C(F)(F)F)N2CCCNCC2)c1. The van der Waals surface area contributed by atoms with Crippen LogP contribution in [-0.4, -0.2) is 31.1 Å². The first-order valence-corrected chi connectivity index (χ1v) is 8.64. The van der Waals surface area contributed by atoms with Gasteiger partial charge < -0.3 is 5.32 Å². The highest BCUT2D eigenvalue weighted by Crippen LogP contribution is 2.39.